The summed E-state index contributed by atoms with van der Waals surface area (Å²) in [6.45, 7) is 2.03. The van der Waals surface area contributed by atoms with Crippen LogP contribution in [-0.4, -0.2) is 26.2 Å². The number of piperidine rings is 1. The highest BCUT2D eigenvalue weighted by Crippen LogP contribution is 2.29. The Labute approximate surface area is 104 Å². The zero-order valence-corrected chi connectivity index (χ0v) is 10.9. The maximum Gasteiger partial charge on any atom is 0.124 e. The second-order valence-electron chi connectivity index (χ2n) is 4.17. The van der Waals surface area contributed by atoms with Gasteiger partial charge >= 0.3 is 0 Å². The summed E-state index contributed by atoms with van der Waals surface area (Å²) in [5, 5.41) is 3.30. The van der Waals surface area contributed by atoms with Crippen LogP contribution in [0.25, 0.3) is 0 Å². The molecule has 88 valence electrons. The molecule has 1 heterocycles. The van der Waals surface area contributed by atoms with Crippen LogP contribution in [0.5, 0.6) is 0 Å². The number of rotatable bonds is 2. The first-order valence-corrected chi connectivity index (χ1v) is 6.37. The second-order valence-corrected chi connectivity index (χ2v) is 5.02. The molecule has 1 saturated heterocycles. The summed E-state index contributed by atoms with van der Waals surface area (Å²) in [7, 11) is 1.99. The minimum Gasteiger partial charge on any atom is -0.369 e. The molecule has 1 aliphatic rings. The van der Waals surface area contributed by atoms with Crippen LogP contribution in [0.2, 0.25) is 0 Å². The molecule has 4 heteroatoms. The van der Waals surface area contributed by atoms with Crippen molar-refractivity contribution in [2.24, 2.45) is 0 Å². The van der Waals surface area contributed by atoms with Crippen molar-refractivity contribution in [3.63, 3.8) is 0 Å². The van der Waals surface area contributed by atoms with Gasteiger partial charge in [-0.05, 0) is 54.0 Å². The minimum absolute atomic E-state index is 0.196. The summed E-state index contributed by atoms with van der Waals surface area (Å²) in [4.78, 5) is 2.30. The fourth-order valence-corrected chi connectivity index (χ4v) is 2.77. The van der Waals surface area contributed by atoms with E-state index in [9.17, 15) is 4.39 Å². The molecule has 0 aliphatic carbocycles. The Morgan fingerprint density at radius 1 is 1.50 bits per heavy atom. The summed E-state index contributed by atoms with van der Waals surface area (Å²) < 4.78 is 13.8. The highest BCUT2D eigenvalue weighted by molar-refractivity contribution is 9.10. The van der Waals surface area contributed by atoms with Crippen LogP contribution in [0.1, 0.15) is 12.8 Å². The molecule has 1 aromatic rings. The Hall–Kier alpha value is -0.610. The molecule has 1 unspecified atom stereocenters. The molecule has 1 N–H and O–H groups in total. The molecular formula is C12H16BrFN2. The topological polar surface area (TPSA) is 15.3 Å². The number of hydrogen-bond acceptors (Lipinski definition) is 2. The standard InChI is InChI=1S/C12H16BrFN2/c1-15-10-3-2-6-16(8-10)12-5-4-9(14)7-11(12)13/h4-5,7,10,15H,2-3,6,8H2,1H3. The molecule has 1 aliphatic heterocycles. The second kappa shape index (κ2) is 5.15. The van der Waals surface area contributed by atoms with Gasteiger partial charge in [-0.25, -0.2) is 4.39 Å². The van der Waals surface area contributed by atoms with Crippen molar-refractivity contribution in [3.05, 3.63) is 28.5 Å². The molecule has 2 rings (SSSR count). The minimum atomic E-state index is -0.196. The quantitative estimate of drug-likeness (QED) is 0.899. The van der Waals surface area contributed by atoms with Crippen molar-refractivity contribution in [1.82, 2.24) is 5.32 Å². The molecular weight excluding hydrogens is 271 g/mol. The Kier molecular flexibility index (Phi) is 3.82. The molecule has 0 spiro atoms. The molecule has 1 fully saturated rings. The number of nitrogens with one attached hydrogen (secondary N) is 1. The molecule has 0 amide bonds. The number of anilines is 1. The number of benzene rings is 1. The van der Waals surface area contributed by atoms with Gasteiger partial charge in [0.1, 0.15) is 5.82 Å². The van der Waals surface area contributed by atoms with Crippen molar-refractivity contribution in [2.45, 2.75) is 18.9 Å². The third-order valence-electron chi connectivity index (χ3n) is 3.08. The van der Waals surface area contributed by atoms with Gasteiger partial charge in [0.2, 0.25) is 0 Å². The third kappa shape index (κ3) is 2.55. The van der Waals surface area contributed by atoms with Crippen molar-refractivity contribution in [1.29, 1.82) is 0 Å². The van der Waals surface area contributed by atoms with Gasteiger partial charge in [-0.2, -0.15) is 0 Å². The summed E-state index contributed by atoms with van der Waals surface area (Å²) in [6, 6.07) is 5.42. The zero-order chi connectivity index (χ0) is 11.5. The predicted octanol–water partition coefficient (Wildman–Crippen LogP) is 2.78. The fraction of sp³-hybridized carbons (Fsp3) is 0.500. The van der Waals surface area contributed by atoms with E-state index in [1.807, 2.05) is 13.1 Å². The largest absolute Gasteiger partial charge is 0.369 e. The number of hydrogen-bond donors (Lipinski definition) is 1. The molecule has 0 radical (unpaired) electrons. The van der Waals surface area contributed by atoms with E-state index in [-0.39, 0.29) is 5.82 Å². The number of nitrogens with zero attached hydrogens (tertiary/aromatic N) is 1. The smallest absolute Gasteiger partial charge is 0.124 e. The predicted molar refractivity (Wildman–Crippen MR) is 68.4 cm³/mol. The summed E-state index contributed by atoms with van der Waals surface area (Å²) in [5.41, 5.74) is 1.08. The lowest BCUT2D eigenvalue weighted by Crippen LogP contribution is -2.44. The molecule has 0 bridgehead atoms. The van der Waals surface area contributed by atoms with Gasteiger partial charge in [0.25, 0.3) is 0 Å². The van der Waals surface area contributed by atoms with Crippen LogP contribution in [-0.2, 0) is 0 Å². The first kappa shape index (κ1) is 11.9. The highest BCUT2D eigenvalue weighted by atomic mass is 79.9. The molecule has 0 saturated carbocycles. The SMILES string of the molecule is CNC1CCCN(c2ccc(F)cc2Br)C1. The van der Waals surface area contributed by atoms with E-state index in [1.165, 1.54) is 25.0 Å². The molecule has 1 aromatic carbocycles. The van der Waals surface area contributed by atoms with Crippen molar-refractivity contribution < 1.29 is 4.39 Å². The first-order chi connectivity index (χ1) is 7.70. The summed E-state index contributed by atoms with van der Waals surface area (Å²) in [5.74, 6) is -0.196. The van der Waals surface area contributed by atoms with Crippen molar-refractivity contribution >= 4 is 21.6 Å². The Morgan fingerprint density at radius 2 is 2.31 bits per heavy atom. The van der Waals surface area contributed by atoms with Crippen LogP contribution in [0.4, 0.5) is 10.1 Å². The first-order valence-electron chi connectivity index (χ1n) is 5.58. The Balaban J connectivity index is 2.16. The van der Waals surface area contributed by atoms with Gasteiger partial charge in [0.15, 0.2) is 0 Å². The van der Waals surface area contributed by atoms with Gasteiger partial charge in [-0.1, -0.05) is 0 Å². The van der Waals surface area contributed by atoms with Crippen LogP contribution >= 0.6 is 15.9 Å². The highest BCUT2D eigenvalue weighted by Gasteiger charge is 2.20. The van der Waals surface area contributed by atoms with Crippen LogP contribution < -0.4 is 10.2 Å². The monoisotopic (exact) mass is 286 g/mol. The Bertz CT molecular complexity index is 370. The van der Waals surface area contributed by atoms with Gasteiger partial charge in [0.05, 0.1) is 5.69 Å². The van der Waals surface area contributed by atoms with Crippen molar-refractivity contribution in [2.75, 3.05) is 25.0 Å². The molecule has 0 aromatic heterocycles. The lowest BCUT2D eigenvalue weighted by molar-refractivity contribution is 0.449. The summed E-state index contributed by atoms with van der Waals surface area (Å²) >= 11 is 3.42. The average molecular weight is 287 g/mol. The third-order valence-corrected chi connectivity index (χ3v) is 3.72. The number of halogens is 2. The zero-order valence-electron chi connectivity index (χ0n) is 9.34. The van der Waals surface area contributed by atoms with Gasteiger partial charge < -0.3 is 10.2 Å². The molecule has 2 nitrogen and oxygen atoms in total. The van der Waals surface area contributed by atoms with Crippen LogP contribution in [0.15, 0.2) is 22.7 Å². The lowest BCUT2D eigenvalue weighted by Gasteiger charge is -2.34. The lowest BCUT2D eigenvalue weighted by atomic mass is 10.1. The van der Waals surface area contributed by atoms with Crippen LogP contribution in [0, 0.1) is 5.82 Å². The van der Waals surface area contributed by atoms with E-state index < -0.39 is 0 Å². The normalized spacial score (nSPS) is 21.2. The van der Waals surface area contributed by atoms with Crippen molar-refractivity contribution in [3.8, 4) is 0 Å². The van der Waals surface area contributed by atoms with Gasteiger partial charge in [-0.15, -0.1) is 0 Å². The van der Waals surface area contributed by atoms with Gasteiger partial charge in [-0.3, -0.25) is 0 Å². The fourth-order valence-electron chi connectivity index (χ4n) is 2.17. The Morgan fingerprint density at radius 3 is 3.00 bits per heavy atom. The van der Waals surface area contributed by atoms with E-state index in [2.05, 4.69) is 26.1 Å². The van der Waals surface area contributed by atoms with E-state index in [0.717, 1.165) is 23.2 Å². The van der Waals surface area contributed by atoms with Gasteiger partial charge in [0, 0.05) is 23.6 Å². The molecule has 1 atom stereocenters. The van der Waals surface area contributed by atoms with E-state index >= 15 is 0 Å². The maximum absolute atomic E-state index is 13.0. The van der Waals surface area contributed by atoms with E-state index in [4.69, 9.17) is 0 Å². The average Bonchev–Trinajstić information content (AvgIpc) is 2.29. The molecule has 16 heavy (non-hydrogen) atoms. The van der Waals surface area contributed by atoms with E-state index in [0.29, 0.717) is 6.04 Å². The maximum atomic E-state index is 13.0. The summed E-state index contributed by atoms with van der Waals surface area (Å²) in [6.07, 6.45) is 2.39. The van der Waals surface area contributed by atoms with E-state index in [1.54, 1.807) is 0 Å². The van der Waals surface area contributed by atoms with Crippen LogP contribution in [0.3, 0.4) is 0 Å². The number of likely N-dealkylation sites (N-methyl/N-ethyl adjacent to an activating group) is 1.